The molecule has 0 radical (unpaired) electrons. The standard InChI is InChI=1S/C16H16O2/c1-12(10-13-2-6-15(17)7-3-13)11-14-4-8-16(18)9-5-14/h2-10,17-18H,11H2,1H3. The Labute approximate surface area is 107 Å². The molecular weight excluding hydrogens is 224 g/mol. The van der Waals surface area contributed by atoms with E-state index in [1.807, 2.05) is 24.3 Å². The van der Waals surface area contributed by atoms with Gasteiger partial charge < -0.3 is 10.2 Å². The van der Waals surface area contributed by atoms with Crippen LogP contribution in [0.4, 0.5) is 0 Å². The van der Waals surface area contributed by atoms with Gasteiger partial charge in [-0.1, -0.05) is 35.9 Å². The molecule has 2 aromatic carbocycles. The quantitative estimate of drug-likeness (QED) is 0.857. The summed E-state index contributed by atoms with van der Waals surface area (Å²) >= 11 is 0. The van der Waals surface area contributed by atoms with Crippen molar-refractivity contribution in [1.29, 1.82) is 0 Å². The summed E-state index contributed by atoms with van der Waals surface area (Å²) in [4.78, 5) is 0. The van der Waals surface area contributed by atoms with Gasteiger partial charge in [0, 0.05) is 0 Å². The minimum atomic E-state index is 0.281. The molecule has 0 saturated carbocycles. The summed E-state index contributed by atoms with van der Waals surface area (Å²) in [5.74, 6) is 0.572. The summed E-state index contributed by atoms with van der Waals surface area (Å²) in [5, 5.41) is 18.4. The Balaban J connectivity index is 2.09. The number of rotatable bonds is 3. The van der Waals surface area contributed by atoms with E-state index in [-0.39, 0.29) is 5.75 Å². The summed E-state index contributed by atoms with van der Waals surface area (Å²) in [5.41, 5.74) is 3.47. The van der Waals surface area contributed by atoms with E-state index in [0.717, 1.165) is 12.0 Å². The molecular formula is C16H16O2. The van der Waals surface area contributed by atoms with Crippen molar-refractivity contribution in [1.82, 2.24) is 0 Å². The molecule has 0 spiro atoms. The zero-order chi connectivity index (χ0) is 13.0. The molecule has 0 saturated heterocycles. The average molecular weight is 240 g/mol. The molecule has 0 aliphatic carbocycles. The van der Waals surface area contributed by atoms with Crippen molar-refractivity contribution in [2.45, 2.75) is 13.3 Å². The number of hydrogen-bond donors (Lipinski definition) is 2. The first-order valence-electron chi connectivity index (χ1n) is 5.87. The number of aromatic hydroxyl groups is 2. The van der Waals surface area contributed by atoms with Crippen LogP contribution < -0.4 is 0 Å². The van der Waals surface area contributed by atoms with Crippen LogP contribution in [-0.2, 0) is 6.42 Å². The number of allylic oxidation sites excluding steroid dienone is 1. The molecule has 0 aliphatic rings. The fraction of sp³-hybridized carbons (Fsp3) is 0.125. The van der Waals surface area contributed by atoms with Gasteiger partial charge in [-0.3, -0.25) is 0 Å². The SMILES string of the molecule is CC(=Cc1ccc(O)cc1)Cc1ccc(O)cc1. The highest BCUT2D eigenvalue weighted by atomic mass is 16.3. The van der Waals surface area contributed by atoms with E-state index >= 15 is 0 Å². The Morgan fingerprint density at radius 3 is 1.94 bits per heavy atom. The van der Waals surface area contributed by atoms with E-state index in [2.05, 4.69) is 13.0 Å². The molecule has 2 rings (SSSR count). The lowest BCUT2D eigenvalue weighted by atomic mass is 10.0. The van der Waals surface area contributed by atoms with Crippen LogP contribution in [0.15, 0.2) is 54.1 Å². The van der Waals surface area contributed by atoms with Crippen LogP contribution in [0.5, 0.6) is 11.5 Å². The Hall–Kier alpha value is -2.22. The minimum Gasteiger partial charge on any atom is -0.508 e. The molecule has 18 heavy (non-hydrogen) atoms. The molecule has 0 aromatic heterocycles. The van der Waals surface area contributed by atoms with Crippen LogP contribution in [0.25, 0.3) is 6.08 Å². The Kier molecular flexibility index (Phi) is 3.68. The fourth-order valence-electron chi connectivity index (χ4n) is 1.84. The first-order chi connectivity index (χ1) is 8.63. The smallest absolute Gasteiger partial charge is 0.115 e. The van der Waals surface area contributed by atoms with E-state index < -0.39 is 0 Å². The van der Waals surface area contributed by atoms with E-state index in [9.17, 15) is 10.2 Å². The lowest BCUT2D eigenvalue weighted by Crippen LogP contribution is -1.86. The van der Waals surface area contributed by atoms with E-state index in [1.165, 1.54) is 11.1 Å². The van der Waals surface area contributed by atoms with Crippen molar-refractivity contribution in [3.63, 3.8) is 0 Å². The third kappa shape index (κ3) is 3.39. The summed E-state index contributed by atoms with van der Waals surface area (Å²) in [6.45, 7) is 2.07. The lowest BCUT2D eigenvalue weighted by Gasteiger charge is -2.03. The monoisotopic (exact) mass is 240 g/mol. The van der Waals surface area contributed by atoms with Crippen molar-refractivity contribution in [2.75, 3.05) is 0 Å². The molecule has 2 N–H and O–H groups in total. The average Bonchev–Trinajstić information content (AvgIpc) is 2.35. The fourth-order valence-corrected chi connectivity index (χ4v) is 1.84. The molecule has 0 fully saturated rings. The number of phenols is 2. The van der Waals surface area contributed by atoms with Crippen LogP contribution >= 0.6 is 0 Å². The van der Waals surface area contributed by atoms with Crippen LogP contribution in [0.2, 0.25) is 0 Å². The van der Waals surface area contributed by atoms with Gasteiger partial charge in [-0.25, -0.2) is 0 Å². The minimum absolute atomic E-state index is 0.281. The molecule has 0 atom stereocenters. The largest absolute Gasteiger partial charge is 0.508 e. The highest BCUT2D eigenvalue weighted by molar-refractivity contribution is 5.54. The van der Waals surface area contributed by atoms with Crippen LogP contribution in [-0.4, -0.2) is 10.2 Å². The van der Waals surface area contributed by atoms with Crippen LogP contribution in [0, 0.1) is 0 Å². The summed E-state index contributed by atoms with van der Waals surface area (Å²) in [6.07, 6.45) is 2.94. The van der Waals surface area contributed by atoms with Gasteiger partial charge in [-0.15, -0.1) is 0 Å². The maximum Gasteiger partial charge on any atom is 0.115 e. The molecule has 2 heteroatoms. The number of benzene rings is 2. The summed E-state index contributed by atoms with van der Waals surface area (Å²) in [6, 6.07) is 14.4. The maximum absolute atomic E-state index is 9.21. The van der Waals surface area contributed by atoms with Crippen molar-refractivity contribution < 1.29 is 10.2 Å². The van der Waals surface area contributed by atoms with Crippen molar-refractivity contribution in [2.24, 2.45) is 0 Å². The normalized spacial score (nSPS) is 11.5. The molecule has 0 unspecified atom stereocenters. The first kappa shape index (κ1) is 12.2. The number of phenolic OH excluding ortho intramolecular Hbond substituents is 2. The zero-order valence-corrected chi connectivity index (χ0v) is 10.3. The molecule has 92 valence electrons. The van der Waals surface area contributed by atoms with Crippen LogP contribution in [0.3, 0.4) is 0 Å². The highest BCUT2D eigenvalue weighted by Crippen LogP contribution is 2.16. The molecule has 2 aromatic rings. The second kappa shape index (κ2) is 5.41. The highest BCUT2D eigenvalue weighted by Gasteiger charge is 1.96. The van der Waals surface area contributed by atoms with Gasteiger partial charge in [0.25, 0.3) is 0 Å². The Morgan fingerprint density at radius 2 is 1.39 bits per heavy atom. The van der Waals surface area contributed by atoms with Gasteiger partial charge in [0.1, 0.15) is 11.5 Å². The van der Waals surface area contributed by atoms with Gasteiger partial charge in [0.15, 0.2) is 0 Å². The lowest BCUT2D eigenvalue weighted by molar-refractivity contribution is 0.474. The van der Waals surface area contributed by atoms with Gasteiger partial charge in [-0.2, -0.15) is 0 Å². The summed E-state index contributed by atoms with van der Waals surface area (Å²) < 4.78 is 0. The maximum atomic E-state index is 9.21. The van der Waals surface area contributed by atoms with Crippen molar-refractivity contribution >= 4 is 6.08 Å². The first-order valence-corrected chi connectivity index (χ1v) is 5.87. The van der Waals surface area contributed by atoms with Crippen molar-refractivity contribution in [3.05, 3.63) is 65.2 Å². The molecule has 0 aliphatic heterocycles. The number of hydrogen-bond acceptors (Lipinski definition) is 2. The second-order valence-corrected chi connectivity index (χ2v) is 4.43. The third-order valence-electron chi connectivity index (χ3n) is 2.73. The Bertz CT molecular complexity index is 536. The van der Waals surface area contributed by atoms with Crippen molar-refractivity contribution in [3.8, 4) is 11.5 Å². The van der Waals surface area contributed by atoms with Gasteiger partial charge >= 0.3 is 0 Å². The third-order valence-corrected chi connectivity index (χ3v) is 2.73. The van der Waals surface area contributed by atoms with Gasteiger partial charge in [0.05, 0.1) is 0 Å². The van der Waals surface area contributed by atoms with Gasteiger partial charge in [-0.05, 0) is 48.7 Å². The van der Waals surface area contributed by atoms with Gasteiger partial charge in [0.2, 0.25) is 0 Å². The summed E-state index contributed by atoms with van der Waals surface area (Å²) in [7, 11) is 0. The van der Waals surface area contributed by atoms with E-state index in [4.69, 9.17) is 0 Å². The second-order valence-electron chi connectivity index (χ2n) is 4.43. The zero-order valence-electron chi connectivity index (χ0n) is 10.3. The molecule has 2 nitrogen and oxygen atoms in total. The molecule has 0 heterocycles. The topological polar surface area (TPSA) is 40.5 Å². The Morgan fingerprint density at radius 1 is 0.889 bits per heavy atom. The molecule has 0 bridgehead atoms. The predicted molar refractivity (Wildman–Crippen MR) is 73.6 cm³/mol. The van der Waals surface area contributed by atoms with Crippen LogP contribution in [0.1, 0.15) is 18.1 Å². The van der Waals surface area contributed by atoms with E-state index in [0.29, 0.717) is 5.75 Å². The molecule has 0 amide bonds. The predicted octanol–water partition coefficient (Wildman–Crippen LogP) is 3.74. The van der Waals surface area contributed by atoms with E-state index in [1.54, 1.807) is 24.3 Å².